The summed E-state index contributed by atoms with van der Waals surface area (Å²) in [6, 6.07) is 12.0. The van der Waals surface area contributed by atoms with Crippen molar-refractivity contribution in [2.75, 3.05) is 14.2 Å². The molecule has 2 unspecified atom stereocenters. The molecule has 3 aliphatic rings. The average Bonchev–Trinajstić information content (AvgIpc) is 3.40. The molecule has 2 heterocycles. The van der Waals surface area contributed by atoms with Crippen molar-refractivity contribution < 1.29 is 19.1 Å². The molecule has 0 saturated heterocycles. The number of carbonyl (C=O) groups is 2. The van der Waals surface area contributed by atoms with Crippen molar-refractivity contribution in [3.63, 3.8) is 0 Å². The van der Waals surface area contributed by atoms with Crippen LogP contribution in [0.3, 0.4) is 0 Å². The lowest BCUT2D eigenvalue weighted by molar-refractivity contribution is -0.120. The van der Waals surface area contributed by atoms with Gasteiger partial charge in [0.05, 0.1) is 12.1 Å². The first-order chi connectivity index (χ1) is 19.7. The molecular weight excluding hydrogens is 516 g/mol. The van der Waals surface area contributed by atoms with Crippen LogP contribution < -0.4 is 21.1 Å². The smallest absolute Gasteiger partial charge is 0.251 e. The number of nitrogens with zero attached hydrogens (tertiary/aromatic N) is 1. The molecule has 0 saturated carbocycles. The molecule has 41 heavy (non-hydrogen) atoms. The van der Waals surface area contributed by atoms with Gasteiger partial charge in [-0.25, -0.2) is 4.99 Å². The van der Waals surface area contributed by atoms with Crippen molar-refractivity contribution >= 4 is 23.8 Å². The standard InChI is InChI=1S/C29H34N4O3.C2H6O.C2H6/c1-29(2)17-24(32-27(35)21-12-11-19-7-5-8-20(19)15-21)23-14-18(10-13-25(23)36-29)6-3-4-9-22-16-26(34)33-28(30)31-22;1-3-2;1-2/h3,6,10-15,22,24H,4-5,7-9,16-17H2,1-2H3,(H,32,35)(H3,30,31,33,34);1-2H3;1-2H3/b6-3-;;. The minimum atomic E-state index is -0.380. The highest BCUT2D eigenvalue weighted by molar-refractivity contribution is 5.98. The maximum absolute atomic E-state index is 13.2. The molecule has 2 aromatic carbocycles. The Morgan fingerprint density at radius 3 is 2.63 bits per heavy atom. The van der Waals surface area contributed by atoms with Gasteiger partial charge in [0.15, 0.2) is 5.96 Å². The number of aliphatic imine (C=N–C) groups is 1. The summed E-state index contributed by atoms with van der Waals surface area (Å²) >= 11 is 0. The van der Waals surface area contributed by atoms with Crippen LogP contribution in [0.25, 0.3) is 6.08 Å². The van der Waals surface area contributed by atoms with E-state index in [1.54, 1.807) is 14.2 Å². The maximum atomic E-state index is 13.2. The molecule has 5 rings (SSSR count). The number of aryl methyl sites for hydroxylation is 2. The number of ether oxygens (including phenoxy) is 2. The predicted molar refractivity (Wildman–Crippen MR) is 165 cm³/mol. The maximum Gasteiger partial charge on any atom is 0.251 e. The normalized spacial score (nSPS) is 20.1. The molecule has 8 nitrogen and oxygen atoms in total. The highest BCUT2D eigenvalue weighted by Crippen LogP contribution is 2.40. The molecule has 0 bridgehead atoms. The van der Waals surface area contributed by atoms with E-state index in [1.807, 2.05) is 32.0 Å². The quantitative estimate of drug-likeness (QED) is 0.431. The van der Waals surface area contributed by atoms with Gasteiger partial charge in [-0.1, -0.05) is 38.1 Å². The molecule has 0 radical (unpaired) electrons. The number of fused-ring (bicyclic) bond motifs is 2. The zero-order valence-corrected chi connectivity index (χ0v) is 25.4. The molecule has 2 atom stereocenters. The summed E-state index contributed by atoms with van der Waals surface area (Å²) in [5.41, 5.74) is 10.7. The van der Waals surface area contributed by atoms with Gasteiger partial charge in [-0.3, -0.25) is 14.9 Å². The molecule has 2 aliphatic heterocycles. The average molecular weight is 563 g/mol. The second-order valence-corrected chi connectivity index (χ2v) is 11.0. The Balaban J connectivity index is 0.000000868. The Kier molecular flexibility index (Phi) is 11.5. The first-order valence-electron chi connectivity index (χ1n) is 14.6. The van der Waals surface area contributed by atoms with Crippen LogP contribution >= 0.6 is 0 Å². The third kappa shape index (κ3) is 8.92. The number of allylic oxidation sites excluding steroid dienone is 1. The van der Waals surface area contributed by atoms with Crippen LogP contribution in [0.15, 0.2) is 47.5 Å². The molecule has 2 amide bonds. The van der Waals surface area contributed by atoms with Crippen LogP contribution in [0.1, 0.15) is 98.5 Å². The molecule has 8 heteroatoms. The first kappa shape index (κ1) is 31.9. The van der Waals surface area contributed by atoms with E-state index in [2.05, 4.69) is 64.6 Å². The fourth-order valence-corrected chi connectivity index (χ4v) is 5.42. The third-order valence-electron chi connectivity index (χ3n) is 7.14. The van der Waals surface area contributed by atoms with Crippen LogP contribution in [0.4, 0.5) is 0 Å². The Hall–Kier alpha value is -3.65. The van der Waals surface area contributed by atoms with Crippen LogP contribution in [0.2, 0.25) is 0 Å². The largest absolute Gasteiger partial charge is 0.487 e. The minimum Gasteiger partial charge on any atom is -0.487 e. The van der Waals surface area contributed by atoms with Crippen molar-refractivity contribution in [1.82, 2.24) is 10.6 Å². The Morgan fingerprint density at radius 2 is 1.90 bits per heavy atom. The van der Waals surface area contributed by atoms with Gasteiger partial charge in [-0.05, 0) is 86.9 Å². The SMILES string of the molecule is CC.CC1(C)CC(NC(=O)c2ccc3c(c2)CCC3)c2cc(/C=C\CCC3CC(=O)NC(N)=N3)ccc2O1.COC. The number of hydrogen-bond acceptors (Lipinski definition) is 6. The predicted octanol–water partition coefficient (Wildman–Crippen LogP) is 5.49. The van der Waals surface area contributed by atoms with Crippen molar-refractivity contribution in [3.05, 3.63) is 70.3 Å². The van der Waals surface area contributed by atoms with Crippen molar-refractivity contribution in [2.45, 2.75) is 90.3 Å². The zero-order chi connectivity index (χ0) is 30.0. The number of amides is 2. The Bertz CT molecular complexity index is 1270. The molecule has 1 aliphatic carbocycles. The van der Waals surface area contributed by atoms with Crippen LogP contribution in [0, 0.1) is 0 Å². The summed E-state index contributed by atoms with van der Waals surface area (Å²) in [5, 5.41) is 5.80. The third-order valence-corrected chi connectivity index (χ3v) is 7.14. The lowest BCUT2D eigenvalue weighted by Crippen LogP contribution is -2.43. The molecule has 0 aromatic heterocycles. The van der Waals surface area contributed by atoms with Crippen LogP contribution in [0.5, 0.6) is 5.75 Å². The molecule has 222 valence electrons. The van der Waals surface area contributed by atoms with Gasteiger partial charge in [0.25, 0.3) is 5.91 Å². The van der Waals surface area contributed by atoms with Gasteiger partial charge in [-0.2, -0.15) is 0 Å². The number of hydrogen-bond donors (Lipinski definition) is 3. The molecule has 4 N–H and O–H groups in total. The van der Waals surface area contributed by atoms with E-state index in [0.717, 1.165) is 54.5 Å². The number of rotatable bonds is 6. The van der Waals surface area contributed by atoms with E-state index in [-0.39, 0.29) is 35.5 Å². The highest BCUT2D eigenvalue weighted by Gasteiger charge is 2.35. The number of nitrogens with one attached hydrogen (secondary N) is 2. The summed E-state index contributed by atoms with van der Waals surface area (Å²) in [6.45, 7) is 8.11. The van der Waals surface area contributed by atoms with Gasteiger partial charge in [-0.15, -0.1) is 0 Å². The van der Waals surface area contributed by atoms with E-state index >= 15 is 0 Å². The van der Waals surface area contributed by atoms with Gasteiger partial charge in [0.1, 0.15) is 11.4 Å². The van der Waals surface area contributed by atoms with Gasteiger partial charge >= 0.3 is 0 Å². The lowest BCUT2D eigenvalue weighted by Gasteiger charge is -2.38. The summed E-state index contributed by atoms with van der Waals surface area (Å²) in [4.78, 5) is 29.1. The molecule has 0 fully saturated rings. The molecule has 2 aromatic rings. The van der Waals surface area contributed by atoms with Crippen molar-refractivity contribution in [3.8, 4) is 5.75 Å². The summed E-state index contributed by atoms with van der Waals surface area (Å²) in [6.07, 6.45) is 10.1. The minimum absolute atomic E-state index is 0.0457. The fourth-order valence-electron chi connectivity index (χ4n) is 5.42. The second kappa shape index (κ2) is 14.8. The molecule has 0 spiro atoms. The summed E-state index contributed by atoms with van der Waals surface area (Å²) < 4.78 is 10.5. The van der Waals surface area contributed by atoms with Crippen molar-refractivity contribution in [1.29, 1.82) is 0 Å². The Labute approximate surface area is 244 Å². The van der Waals surface area contributed by atoms with E-state index in [9.17, 15) is 9.59 Å². The number of guanidine groups is 1. The fraction of sp³-hybridized carbons (Fsp3) is 0.485. The van der Waals surface area contributed by atoms with Crippen molar-refractivity contribution in [2.24, 2.45) is 10.7 Å². The number of nitrogens with two attached hydrogens (primary N) is 1. The topological polar surface area (TPSA) is 115 Å². The van der Waals surface area contributed by atoms with E-state index in [4.69, 9.17) is 10.5 Å². The van der Waals surface area contributed by atoms with Gasteiger partial charge in [0, 0.05) is 38.2 Å². The van der Waals surface area contributed by atoms with E-state index < -0.39 is 0 Å². The highest BCUT2D eigenvalue weighted by atomic mass is 16.5. The zero-order valence-electron chi connectivity index (χ0n) is 25.4. The second-order valence-electron chi connectivity index (χ2n) is 11.0. The lowest BCUT2D eigenvalue weighted by atomic mass is 9.88. The molecular formula is C33H46N4O4. The van der Waals surface area contributed by atoms with Gasteiger partial charge in [0.2, 0.25) is 5.91 Å². The van der Waals surface area contributed by atoms with Crippen LogP contribution in [-0.2, 0) is 22.4 Å². The van der Waals surface area contributed by atoms with E-state index in [0.29, 0.717) is 12.8 Å². The summed E-state index contributed by atoms with van der Waals surface area (Å²) in [7, 11) is 3.25. The number of carbonyl (C=O) groups excluding carboxylic acids is 2. The van der Waals surface area contributed by atoms with E-state index in [1.165, 1.54) is 11.1 Å². The first-order valence-corrected chi connectivity index (χ1v) is 14.6. The Morgan fingerprint density at radius 1 is 1.17 bits per heavy atom. The van der Waals surface area contributed by atoms with Gasteiger partial charge < -0.3 is 20.5 Å². The van der Waals surface area contributed by atoms with Crippen LogP contribution in [-0.4, -0.2) is 43.6 Å². The number of methoxy groups -OCH3 is 1. The summed E-state index contributed by atoms with van der Waals surface area (Å²) in [5.74, 6) is 0.879. The number of benzene rings is 2. The monoisotopic (exact) mass is 562 g/mol.